The first-order valence-electron chi connectivity index (χ1n) is 9.66. The van der Waals surface area contributed by atoms with Crippen LogP contribution < -0.4 is 15.0 Å². The van der Waals surface area contributed by atoms with Gasteiger partial charge in [0.1, 0.15) is 17.9 Å². The minimum absolute atomic E-state index is 0.158. The van der Waals surface area contributed by atoms with Gasteiger partial charge in [0.15, 0.2) is 0 Å². The monoisotopic (exact) mass is 588 g/mol. The van der Waals surface area contributed by atoms with Gasteiger partial charge in [-0.1, -0.05) is 51.8 Å². The third-order valence-electron chi connectivity index (χ3n) is 4.79. The summed E-state index contributed by atoms with van der Waals surface area (Å²) < 4.78 is 7.26. The lowest BCUT2D eigenvalue weighted by Crippen LogP contribution is -2.54. The van der Waals surface area contributed by atoms with Gasteiger partial charge in [0.2, 0.25) is 0 Å². The fourth-order valence-electron chi connectivity index (χ4n) is 3.14. The third kappa shape index (κ3) is 5.19. The first-order chi connectivity index (χ1) is 15.8. The summed E-state index contributed by atoms with van der Waals surface area (Å²) >= 11 is 12.9. The number of barbiturate groups is 1. The highest BCUT2D eigenvalue weighted by Gasteiger charge is 2.36. The van der Waals surface area contributed by atoms with Gasteiger partial charge in [0.05, 0.1) is 10.2 Å². The van der Waals surface area contributed by atoms with E-state index in [-0.39, 0.29) is 12.2 Å². The molecule has 0 aliphatic carbocycles. The molecule has 0 unspecified atom stereocenters. The summed E-state index contributed by atoms with van der Waals surface area (Å²) in [5.41, 5.74) is 1.62. The van der Waals surface area contributed by atoms with E-state index >= 15 is 0 Å². The summed E-state index contributed by atoms with van der Waals surface area (Å²) in [6.45, 7) is 0.282. The number of amides is 4. The van der Waals surface area contributed by atoms with E-state index in [1.807, 2.05) is 18.2 Å². The van der Waals surface area contributed by atoms with Gasteiger partial charge in [-0.3, -0.25) is 14.9 Å². The Labute approximate surface area is 211 Å². The Morgan fingerprint density at radius 2 is 1.70 bits per heavy atom. The number of halogens is 3. The van der Waals surface area contributed by atoms with Gasteiger partial charge in [-0.05, 0) is 70.0 Å². The van der Waals surface area contributed by atoms with Crippen LogP contribution in [0.3, 0.4) is 0 Å². The van der Waals surface area contributed by atoms with Crippen molar-refractivity contribution in [3.63, 3.8) is 0 Å². The largest absolute Gasteiger partial charge is 0.488 e. The molecule has 3 aromatic rings. The molecule has 1 N–H and O–H groups in total. The quantitative estimate of drug-likeness (QED) is 0.288. The van der Waals surface area contributed by atoms with Gasteiger partial charge >= 0.3 is 6.03 Å². The minimum Gasteiger partial charge on any atom is -0.488 e. The Morgan fingerprint density at radius 3 is 2.39 bits per heavy atom. The molecular weight excluding hydrogens is 576 g/mol. The second kappa shape index (κ2) is 9.91. The number of carbonyl (C=O) groups is 3. The maximum absolute atomic E-state index is 13.0. The molecule has 9 heteroatoms. The summed E-state index contributed by atoms with van der Waals surface area (Å²) in [6.07, 6.45) is 1.43. The molecule has 4 amide bonds. The Kier molecular flexibility index (Phi) is 6.97. The molecule has 1 aliphatic heterocycles. The van der Waals surface area contributed by atoms with Crippen LogP contribution in [0.4, 0.5) is 10.5 Å². The molecule has 166 valence electrons. The average molecular weight is 591 g/mol. The molecule has 0 atom stereocenters. The third-order valence-corrected chi connectivity index (χ3v) is 6.31. The van der Waals surface area contributed by atoms with Crippen LogP contribution in [0, 0.1) is 0 Å². The molecule has 33 heavy (non-hydrogen) atoms. The van der Waals surface area contributed by atoms with E-state index < -0.39 is 17.8 Å². The Hall–Kier alpha value is -2.94. The predicted molar refractivity (Wildman–Crippen MR) is 133 cm³/mol. The van der Waals surface area contributed by atoms with Crippen molar-refractivity contribution in [3.05, 3.63) is 97.4 Å². The van der Waals surface area contributed by atoms with Crippen LogP contribution in [-0.2, 0) is 16.2 Å². The van der Waals surface area contributed by atoms with Gasteiger partial charge < -0.3 is 4.74 Å². The number of benzene rings is 3. The predicted octanol–water partition coefficient (Wildman–Crippen LogP) is 6.11. The summed E-state index contributed by atoms with van der Waals surface area (Å²) in [7, 11) is 0. The fraction of sp³-hybridized carbons (Fsp3) is 0.0417. The van der Waals surface area contributed by atoms with Gasteiger partial charge in [-0.2, -0.15) is 0 Å². The maximum atomic E-state index is 13.0. The van der Waals surface area contributed by atoms with E-state index in [9.17, 15) is 14.4 Å². The summed E-state index contributed by atoms with van der Waals surface area (Å²) in [6, 6.07) is 18.4. The van der Waals surface area contributed by atoms with Gasteiger partial charge in [-0.25, -0.2) is 9.69 Å². The molecule has 3 aromatic carbocycles. The van der Waals surface area contributed by atoms with Gasteiger partial charge in [0, 0.05) is 15.1 Å². The molecular formula is C24H15Br2ClN2O4. The number of carbonyl (C=O) groups excluding carboxylic acids is 3. The van der Waals surface area contributed by atoms with E-state index in [0.717, 1.165) is 14.9 Å². The highest BCUT2D eigenvalue weighted by atomic mass is 79.9. The molecule has 1 heterocycles. The van der Waals surface area contributed by atoms with Crippen LogP contribution in [-0.4, -0.2) is 17.8 Å². The molecule has 0 radical (unpaired) electrons. The lowest BCUT2D eigenvalue weighted by molar-refractivity contribution is -0.122. The average Bonchev–Trinajstić information content (AvgIpc) is 2.78. The van der Waals surface area contributed by atoms with Crippen molar-refractivity contribution < 1.29 is 19.1 Å². The summed E-state index contributed by atoms with van der Waals surface area (Å²) in [5.74, 6) is -0.891. The van der Waals surface area contributed by atoms with Crippen molar-refractivity contribution in [2.45, 2.75) is 6.61 Å². The number of nitrogens with zero attached hydrogens (tertiary/aromatic N) is 1. The molecule has 0 saturated carbocycles. The number of urea groups is 1. The topological polar surface area (TPSA) is 75.7 Å². The second-order valence-corrected chi connectivity index (χ2v) is 9.18. The van der Waals surface area contributed by atoms with Gasteiger partial charge in [-0.15, -0.1) is 0 Å². The maximum Gasteiger partial charge on any atom is 0.335 e. The molecule has 1 fully saturated rings. The van der Waals surface area contributed by atoms with Crippen LogP contribution in [0.1, 0.15) is 11.1 Å². The van der Waals surface area contributed by atoms with E-state index in [4.69, 9.17) is 16.3 Å². The summed E-state index contributed by atoms with van der Waals surface area (Å²) in [4.78, 5) is 38.6. The SMILES string of the molecule is O=C1NC(=O)N(c2ccc(Br)cc2)C(=O)/C1=C/c1ccc(OCc2ccccc2Cl)c(Br)c1. The van der Waals surface area contributed by atoms with Crippen molar-refractivity contribution in [1.82, 2.24) is 5.32 Å². The van der Waals surface area contributed by atoms with Crippen LogP contribution in [0.2, 0.25) is 5.02 Å². The van der Waals surface area contributed by atoms with Crippen LogP contribution in [0.25, 0.3) is 6.08 Å². The molecule has 0 spiro atoms. The Morgan fingerprint density at radius 1 is 0.970 bits per heavy atom. The number of hydrogen-bond donors (Lipinski definition) is 1. The molecule has 0 bridgehead atoms. The number of hydrogen-bond acceptors (Lipinski definition) is 4. The Balaban J connectivity index is 1.57. The molecule has 6 nitrogen and oxygen atoms in total. The first kappa shape index (κ1) is 23.2. The fourth-order valence-corrected chi connectivity index (χ4v) is 4.11. The molecule has 1 aliphatic rings. The lowest BCUT2D eigenvalue weighted by atomic mass is 10.1. The zero-order chi connectivity index (χ0) is 23.5. The standard InChI is InChI=1S/C24H15Br2ClN2O4/c25-16-6-8-17(9-7-16)29-23(31)18(22(30)28-24(29)32)11-14-5-10-21(19(26)12-14)33-13-15-3-1-2-4-20(15)27/h1-12H,13H2,(H,28,30,32)/b18-11+. The zero-order valence-corrected chi connectivity index (χ0v) is 20.8. The van der Waals surface area contributed by atoms with Gasteiger partial charge in [0.25, 0.3) is 11.8 Å². The second-order valence-electron chi connectivity index (χ2n) is 7.00. The minimum atomic E-state index is -0.797. The lowest BCUT2D eigenvalue weighted by Gasteiger charge is -2.26. The van der Waals surface area contributed by atoms with Crippen LogP contribution in [0.5, 0.6) is 5.75 Å². The number of ether oxygens (including phenoxy) is 1. The van der Waals surface area contributed by atoms with Crippen LogP contribution >= 0.6 is 43.5 Å². The smallest absolute Gasteiger partial charge is 0.335 e. The van der Waals surface area contributed by atoms with Crippen molar-refractivity contribution in [3.8, 4) is 5.75 Å². The number of anilines is 1. The van der Waals surface area contributed by atoms with E-state index in [2.05, 4.69) is 37.2 Å². The van der Waals surface area contributed by atoms with Crippen molar-refractivity contribution in [2.24, 2.45) is 0 Å². The zero-order valence-electron chi connectivity index (χ0n) is 16.8. The number of rotatable bonds is 5. The molecule has 0 aromatic heterocycles. The highest BCUT2D eigenvalue weighted by molar-refractivity contribution is 9.10. The summed E-state index contributed by atoms with van der Waals surface area (Å²) in [5, 5.41) is 2.82. The normalized spacial score (nSPS) is 15.1. The molecule has 4 rings (SSSR count). The van der Waals surface area contributed by atoms with E-state index in [1.54, 1.807) is 48.5 Å². The first-order valence-corrected chi connectivity index (χ1v) is 11.6. The number of nitrogens with one attached hydrogen (secondary N) is 1. The van der Waals surface area contributed by atoms with Crippen molar-refractivity contribution in [2.75, 3.05) is 4.90 Å². The van der Waals surface area contributed by atoms with E-state index in [0.29, 0.717) is 26.5 Å². The molecule has 1 saturated heterocycles. The highest BCUT2D eigenvalue weighted by Crippen LogP contribution is 2.29. The van der Waals surface area contributed by atoms with Crippen molar-refractivity contribution in [1.29, 1.82) is 0 Å². The van der Waals surface area contributed by atoms with Crippen LogP contribution in [0.15, 0.2) is 81.2 Å². The van der Waals surface area contributed by atoms with Crippen molar-refractivity contribution >= 4 is 73.1 Å². The number of imide groups is 2. The van der Waals surface area contributed by atoms with E-state index in [1.165, 1.54) is 6.08 Å². The Bertz CT molecular complexity index is 1290.